The van der Waals surface area contributed by atoms with Gasteiger partial charge in [-0.15, -0.1) is 0 Å². The molecule has 8 heteroatoms. The van der Waals surface area contributed by atoms with Crippen LogP contribution in [0.5, 0.6) is 0 Å². The molecule has 1 fully saturated rings. The van der Waals surface area contributed by atoms with E-state index in [4.69, 9.17) is 0 Å². The highest BCUT2D eigenvalue weighted by molar-refractivity contribution is 7.86. The molecule has 1 saturated heterocycles. The molecule has 0 aliphatic carbocycles. The van der Waals surface area contributed by atoms with E-state index < -0.39 is 10.2 Å². The van der Waals surface area contributed by atoms with Gasteiger partial charge in [-0.1, -0.05) is 18.2 Å². The van der Waals surface area contributed by atoms with E-state index >= 15 is 0 Å². The van der Waals surface area contributed by atoms with Crippen molar-refractivity contribution in [1.29, 1.82) is 0 Å². The van der Waals surface area contributed by atoms with Gasteiger partial charge in [0.15, 0.2) is 0 Å². The molecule has 1 amide bonds. The molecule has 0 saturated carbocycles. The predicted molar refractivity (Wildman–Crippen MR) is 116 cm³/mol. The molecule has 2 aromatic rings. The molecule has 29 heavy (non-hydrogen) atoms. The minimum absolute atomic E-state index is 0.111. The maximum Gasteiger partial charge on any atom is 0.281 e. The minimum atomic E-state index is -3.40. The summed E-state index contributed by atoms with van der Waals surface area (Å²) < 4.78 is 29.3. The van der Waals surface area contributed by atoms with Crippen molar-refractivity contribution in [1.82, 2.24) is 18.1 Å². The molecule has 0 N–H and O–H groups in total. The smallest absolute Gasteiger partial charge is 0.281 e. The number of piperazine rings is 1. The van der Waals surface area contributed by atoms with E-state index in [9.17, 15) is 13.2 Å². The van der Waals surface area contributed by atoms with E-state index in [0.717, 1.165) is 12.8 Å². The Kier molecular flexibility index (Phi) is 6.65. The van der Waals surface area contributed by atoms with Crippen LogP contribution in [0.2, 0.25) is 0 Å². The van der Waals surface area contributed by atoms with Crippen LogP contribution in [-0.2, 0) is 21.4 Å². The number of carbonyl (C=O) groups is 1. The van der Waals surface area contributed by atoms with Gasteiger partial charge in [-0.05, 0) is 38.3 Å². The molecule has 160 valence electrons. The van der Waals surface area contributed by atoms with Crippen molar-refractivity contribution >= 4 is 27.0 Å². The van der Waals surface area contributed by atoms with Crippen molar-refractivity contribution < 1.29 is 13.2 Å². The molecule has 2 heterocycles. The van der Waals surface area contributed by atoms with Gasteiger partial charge < -0.3 is 9.47 Å². The molecule has 0 atom stereocenters. The Balaban J connectivity index is 1.54. The van der Waals surface area contributed by atoms with E-state index in [0.29, 0.717) is 38.6 Å². The van der Waals surface area contributed by atoms with Gasteiger partial charge in [0.25, 0.3) is 10.2 Å². The Labute approximate surface area is 174 Å². The molecule has 1 aliphatic heterocycles. The number of amides is 1. The second-order valence-electron chi connectivity index (χ2n) is 8.10. The highest BCUT2D eigenvalue weighted by atomic mass is 32.2. The lowest BCUT2D eigenvalue weighted by Gasteiger charge is -2.35. The van der Waals surface area contributed by atoms with Crippen LogP contribution in [0.3, 0.4) is 0 Å². The van der Waals surface area contributed by atoms with Gasteiger partial charge >= 0.3 is 0 Å². The Morgan fingerprint density at radius 3 is 2.38 bits per heavy atom. The molecule has 1 aromatic heterocycles. The lowest BCUT2D eigenvalue weighted by atomic mass is 10.1. The SMILES string of the molecule is CC(C)n1cc(CCCC(=O)N2CCN(S(=O)(=O)N(C)C)CC2)c2ccccc21. The zero-order valence-electron chi connectivity index (χ0n) is 17.8. The van der Waals surface area contributed by atoms with Crippen LogP contribution in [0.4, 0.5) is 0 Å². The molecule has 0 radical (unpaired) electrons. The number of aromatic nitrogens is 1. The molecular formula is C21H32N4O3S. The molecule has 0 unspecified atom stereocenters. The summed E-state index contributed by atoms with van der Waals surface area (Å²) in [5.74, 6) is 0.111. The first kappa shape index (κ1) is 21.8. The maximum atomic E-state index is 12.6. The van der Waals surface area contributed by atoms with E-state index in [1.807, 2.05) is 0 Å². The number of carbonyl (C=O) groups excluding carboxylic acids is 1. The summed E-state index contributed by atoms with van der Waals surface area (Å²) in [5, 5.41) is 1.26. The molecular weight excluding hydrogens is 388 g/mol. The van der Waals surface area contributed by atoms with Crippen LogP contribution in [0.1, 0.15) is 38.3 Å². The highest BCUT2D eigenvalue weighted by Gasteiger charge is 2.29. The first-order valence-electron chi connectivity index (χ1n) is 10.3. The third-order valence-corrected chi connectivity index (χ3v) is 7.54. The summed E-state index contributed by atoms with van der Waals surface area (Å²) in [6, 6.07) is 8.80. The van der Waals surface area contributed by atoms with Crippen LogP contribution in [0.15, 0.2) is 30.5 Å². The number of para-hydroxylation sites is 1. The first-order chi connectivity index (χ1) is 13.7. The molecule has 0 bridgehead atoms. The lowest BCUT2D eigenvalue weighted by molar-refractivity contribution is -0.132. The minimum Gasteiger partial charge on any atom is -0.345 e. The Morgan fingerprint density at radius 1 is 1.10 bits per heavy atom. The normalized spacial score (nSPS) is 16.3. The van der Waals surface area contributed by atoms with Crippen LogP contribution >= 0.6 is 0 Å². The Hall–Kier alpha value is -1.90. The van der Waals surface area contributed by atoms with Crippen molar-refractivity contribution in [2.24, 2.45) is 0 Å². The first-order valence-corrected chi connectivity index (χ1v) is 11.7. The van der Waals surface area contributed by atoms with E-state index in [1.165, 1.54) is 39.2 Å². The third-order valence-electron chi connectivity index (χ3n) is 5.60. The number of benzene rings is 1. The largest absolute Gasteiger partial charge is 0.345 e. The fourth-order valence-electron chi connectivity index (χ4n) is 3.89. The fourth-order valence-corrected chi connectivity index (χ4v) is 4.98. The average molecular weight is 421 g/mol. The van der Waals surface area contributed by atoms with Crippen molar-refractivity contribution in [3.63, 3.8) is 0 Å². The van der Waals surface area contributed by atoms with Gasteiger partial charge in [-0.25, -0.2) is 0 Å². The number of hydrogen-bond acceptors (Lipinski definition) is 3. The zero-order chi connectivity index (χ0) is 21.2. The van der Waals surface area contributed by atoms with Crippen molar-refractivity contribution in [3.8, 4) is 0 Å². The van der Waals surface area contributed by atoms with E-state index in [1.54, 1.807) is 4.90 Å². The molecule has 7 nitrogen and oxygen atoms in total. The number of nitrogens with zero attached hydrogens (tertiary/aromatic N) is 4. The monoisotopic (exact) mass is 420 g/mol. The van der Waals surface area contributed by atoms with Crippen molar-refractivity contribution in [2.75, 3.05) is 40.3 Å². The number of aryl methyl sites for hydroxylation is 1. The average Bonchev–Trinajstić information content (AvgIpc) is 3.07. The second kappa shape index (κ2) is 8.85. The van der Waals surface area contributed by atoms with Crippen LogP contribution in [0, 0.1) is 0 Å². The van der Waals surface area contributed by atoms with Crippen LogP contribution < -0.4 is 0 Å². The third kappa shape index (κ3) is 4.65. The molecule has 1 aromatic carbocycles. The summed E-state index contributed by atoms with van der Waals surface area (Å²) in [4.78, 5) is 14.4. The molecule has 0 spiro atoms. The zero-order valence-corrected chi connectivity index (χ0v) is 18.7. The lowest BCUT2D eigenvalue weighted by Crippen LogP contribution is -2.53. The summed E-state index contributed by atoms with van der Waals surface area (Å²) in [5.41, 5.74) is 2.52. The van der Waals surface area contributed by atoms with Gasteiger partial charge in [0.1, 0.15) is 0 Å². The summed E-state index contributed by atoms with van der Waals surface area (Å²) in [6.45, 7) is 5.98. The Bertz CT molecular complexity index is 957. The van der Waals surface area contributed by atoms with Crippen LogP contribution in [0.25, 0.3) is 10.9 Å². The van der Waals surface area contributed by atoms with E-state index in [2.05, 4.69) is 48.9 Å². The standard InChI is InChI=1S/C21H32N4O3S/c1-17(2)25-16-18(19-9-5-6-10-20(19)25)8-7-11-21(26)23-12-14-24(15-13-23)29(27,28)22(3)4/h5-6,9-10,16-17H,7-8,11-15H2,1-4H3. The van der Waals surface area contributed by atoms with Gasteiger partial charge in [-0.2, -0.15) is 17.0 Å². The van der Waals surface area contributed by atoms with Crippen LogP contribution in [-0.4, -0.2) is 72.7 Å². The van der Waals surface area contributed by atoms with Gasteiger partial charge in [0, 0.05) is 69.8 Å². The van der Waals surface area contributed by atoms with Gasteiger partial charge in [0.2, 0.25) is 5.91 Å². The maximum absolute atomic E-state index is 12.6. The predicted octanol–water partition coefficient (Wildman–Crippen LogP) is 2.50. The van der Waals surface area contributed by atoms with Gasteiger partial charge in [0.05, 0.1) is 0 Å². The number of hydrogen-bond donors (Lipinski definition) is 0. The molecule has 3 rings (SSSR count). The summed E-state index contributed by atoms with van der Waals surface area (Å²) in [6.07, 6.45) is 4.36. The quantitative estimate of drug-likeness (QED) is 0.691. The fraction of sp³-hybridized carbons (Fsp3) is 0.571. The summed E-state index contributed by atoms with van der Waals surface area (Å²) in [7, 11) is -0.339. The highest BCUT2D eigenvalue weighted by Crippen LogP contribution is 2.26. The number of rotatable bonds is 7. The Morgan fingerprint density at radius 2 is 1.76 bits per heavy atom. The second-order valence-corrected chi connectivity index (χ2v) is 10.2. The topological polar surface area (TPSA) is 65.9 Å². The summed E-state index contributed by atoms with van der Waals surface area (Å²) >= 11 is 0. The van der Waals surface area contributed by atoms with Gasteiger partial charge in [-0.3, -0.25) is 4.79 Å². The van der Waals surface area contributed by atoms with E-state index in [-0.39, 0.29) is 5.91 Å². The molecule has 1 aliphatic rings. The van der Waals surface area contributed by atoms with Crippen molar-refractivity contribution in [3.05, 3.63) is 36.0 Å². The van der Waals surface area contributed by atoms with Crippen molar-refractivity contribution in [2.45, 2.75) is 39.2 Å². The number of fused-ring (bicyclic) bond motifs is 1.